The van der Waals surface area contributed by atoms with E-state index in [-0.39, 0.29) is 12.4 Å². The van der Waals surface area contributed by atoms with Gasteiger partial charge in [-0.1, -0.05) is 0 Å². The van der Waals surface area contributed by atoms with Gasteiger partial charge in [-0.25, -0.2) is 0 Å². The monoisotopic (exact) mass is 150 g/mol. The predicted molar refractivity (Wildman–Crippen MR) is 42.0 cm³/mol. The van der Waals surface area contributed by atoms with Gasteiger partial charge in [0.25, 0.3) is 0 Å². The van der Waals surface area contributed by atoms with Crippen LogP contribution in [0.25, 0.3) is 0 Å². The molecular weight excluding hydrogens is 136 g/mol. The topological polar surface area (TPSA) is 29.3 Å². The van der Waals surface area contributed by atoms with Crippen LogP contribution in [0.15, 0.2) is 0 Å². The van der Waals surface area contributed by atoms with Gasteiger partial charge >= 0.3 is 0 Å². The number of nitrogens with zero attached hydrogens (tertiary/aromatic N) is 1. The molecule has 0 amide bonds. The molecule has 0 aromatic heterocycles. The predicted octanol–water partition coefficient (Wildman–Crippen LogP) is 0.461. The van der Waals surface area contributed by atoms with Crippen LogP contribution in [0.3, 0.4) is 0 Å². The van der Waals surface area contributed by atoms with E-state index in [2.05, 4.69) is 11.9 Å². The zero-order valence-electron chi connectivity index (χ0n) is 5.84. The maximum Gasteiger partial charge on any atom is 0.0168 e. The van der Waals surface area contributed by atoms with Crippen LogP contribution in [0.2, 0.25) is 0 Å². The van der Waals surface area contributed by atoms with E-state index in [0.717, 1.165) is 6.54 Å². The van der Waals surface area contributed by atoms with Crippen molar-refractivity contribution in [3.63, 3.8) is 0 Å². The first kappa shape index (κ1) is 9.21. The summed E-state index contributed by atoms with van der Waals surface area (Å²) in [6, 6.07) is 0.439. The van der Waals surface area contributed by atoms with Gasteiger partial charge in [0, 0.05) is 12.6 Å². The number of nitrogens with two attached hydrogens (primary N) is 1. The lowest BCUT2D eigenvalue weighted by molar-refractivity contribution is 0.252. The van der Waals surface area contributed by atoms with Crippen LogP contribution < -0.4 is 5.73 Å². The molecule has 9 heavy (non-hydrogen) atoms. The fourth-order valence-corrected chi connectivity index (χ4v) is 1.21. The average molecular weight is 151 g/mol. The Kier molecular flexibility index (Phi) is 4.19. The standard InChI is InChI=1S/C6H14N2.ClH/c1-8-4-2-3-6(7)5-8;/h6H,2-5,7H2,1H3;1H/t6-;/m0./s1. The molecule has 1 rings (SSSR count). The molecule has 56 valence electrons. The van der Waals surface area contributed by atoms with Crippen molar-refractivity contribution in [1.29, 1.82) is 0 Å². The molecule has 0 unspecified atom stereocenters. The molecule has 1 atom stereocenters. The molecule has 0 aromatic carbocycles. The number of likely N-dealkylation sites (tertiary alicyclic amines) is 1. The Morgan fingerprint density at radius 3 is 2.56 bits per heavy atom. The van der Waals surface area contributed by atoms with E-state index in [0.29, 0.717) is 6.04 Å². The molecule has 1 aliphatic heterocycles. The van der Waals surface area contributed by atoms with Crippen molar-refractivity contribution < 1.29 is 0 Å². The molecule has 0 aliphatic carbocycles. The summed E-state index contributed by atoms with van der Waals surface area (Å²) in [5.41, 5.74) is 5.68. The Labute approximate surface area is 62.8 Å². The van der Waals surface area contributed by atoms with E-state index in [1.807, 2.05) is 0 Å². The molecule has 1 fully saturated rings. The van der Waals surface area contributed by atoms with Crippen molar-refractivity contribution >= 4 is 12.4 Å². The van der Waals surface area contributed by atoms with E-state index in [1.165, 1.54) is 19.4 Å². The van der Waals surface area contributed by atoms with Gasteiger partial charge in [-0.3, -0.25) is 0 Å². The van der Waals surface area contributed by atoms with Crippen LogP contribution in [0.5, 0.6) is 0 Å². The van der Waals surface area contributed by atoms with E-state index in [9.17, 15) is 0 Å². The summed E-state index contributed by atoms with van der Waals surface area (Å²) in [6.07, 6.45) is 2.49. The molecule has 0 radical (unpaired) electrons. The molecule has 2 nitrogen and oxygen atoms in total. The summed E-state index contributed by atoms with van der Waals surface area (Å²) in [6.45, 7) is 2.31. The normalized spacial score (nSPS) is 29.3. The molecule has 2 N–H and O–H groups in total. The van der Waals surface area contributed by atoms with Crippen molar-refractivity contribution in [3.05, 3.63) is 0 Å². The lowest BCUT2D eigenvalue weighted by atomic mass is 10.1. The van der Waals surface area contributed by atoms with Crippen molar-refractivity contribution in [3.8, 4) is 0 Å². The Hall–Kier alpha value is 0.210. The first-order valence-electron chi connectivity index (χ1n) is 3.23. The van der Waals surface area contributed by atoms with E-state index in [4.69, 9.17) is 5.73 Å². The largest absolute Gasteiger partial charge is 0.327 e. The van der Waals surface area contributed by atoms with Gasteiger partial charge in [-0.15, -0.1) is 12.4 Å². The van der Waals surface area contributed by atoms with Crippen molar-refractivity contribution in [2.75, 3.05) is 20.1 Å². The van der Waals surface area contributed by atoms with Gasteiger partial charge in [0.05, 0.1) is 0 Å². The minimum Gasteiger partial charge on any atom is -0.327 e. The highest BCUT2D eigenvalue weighted by molar-refractivity contribution is 5.85. The molecule has 1 aliphatic rings. The Bertz CT molecular complexity index is 69.5. The summed E-state index contributed by atoms with van der Waals surface area (Å²) in [7, 11) is 2.12. The number of likely N-dealkylation sites (N-methyl/N-ethyl adjacent to an activating group) is 1. The Balaban J connectivity index is 0.000000640. The molecule has 1 saturated heterocycles. The van der Waals surface area contributed by atoms with E-state index < -0.39 is 0 Å². The summed E-state index contributed by atoms with van der Waals surface area (Å²) >= 11 is 0. The summed E-state index contributed by atoms with van der Waals surface area (Å²) < 4.78 is 0. The molecule has 0 spiro atoms. The van der Waals surface area contributed by atoms with Crippen LogP contribution in [0.4, 0.5) is 0 Å². The molecule has 1 heterocycles. The highest BCUT2D eigenvalue weighted by Gasteiger charge is 2.11. The quantitative estimate of drug-likeness (QED) is 0.544. The molecule has 0 bridgehead atoms. The highest BCUT2D eigenvalue weighted by atomic mass is 35.5. The molecule has 3 heteroatoms. The number of halogens is 1. The van der Waals surface area contributed by atoms with Crippen LogP contribution in [0.1, 0.15) is 12.8 Å². The third kappa shape index (κ3) is 3.04. The van der Waals surface area contributed by atoms with Crippen LogP contribution in [-0.2, 0) is 0 Å². The van der Waals surface area contributed by atoms with Gasteiger partial charge in [0.2, 0.25) is 0 Å². The van der Waals surface area contributed by atoms with Crippen LogP contribution in [-0.4, -0.2) is 31.1 Å². The van der Waals surface area contributed by atoms with Gasteiger partial charge in [-0.05, 0) is 26.4 Å². The van der Waals surface area contributed by atoms with Crippen LogP contribution in [0, 0.1) is 0 Å². The minimum absolute atomic E-state index is 0. The fraction of sp³-hybridized carbons (Fsp3) is 1.00. The minimum atomic E-state index is 0. The SMILES string of the molecule is CN1CCC[C@H](N)C1.Cl. The molecule has 0 saturated carbocycles. The van der Waals surface area contributed by atoms with Crippen molar-refractivity contribution in [2.45, 2.75) is 18.9 Å². The van der Waals surface area contributed by atoms with Gasteiger partial charge in [0.1, 0.15) is 0 Å². The van der Waals surface area contributed by atoms with Gasteiger partial charge in [-0.2, -0.15) is 0 Å². The average Bonchev–Trinajstić information content (AvgIpc) is 1.64. The highest BCUT2D eigenvalue weighted by Crippen LogP contribution is 2.04. The van der Waals surface area contributed by atoms with Crippen LogP contribution >= 0.6 is 12.4 Å². The third-order valence-corrected chi connectivity index (χ3v) is 1.66. The summed E-state index contributed by atoms with van der Waals surface area (Å²) in [5, 5.41) is 0. The number of piperidine rings is 1. The van der Waals surface area contributed by atoms with E-state index in [1.54, 1.807) is 0 Å². The van der Waals surface area contributed by atoms with Crippen molar-refractivity contribution in [1.82, 2.24) is 4.90 Å². The first-order valence-corrected chi connectivity index (χ1v) is 3.23. The fourth-order valence-electron chi connectivity index (χ4n) is 1.21. The zero-order valence-corrected chi connectivity index (χ0v) is 6.66. The number of rotatable bonds is 0. The van der Waals surface area contributed by atoms with Crippen molar-refractivity contribution in [2.24, 2.45) is 5.73 Å². The van der Waals surface area contributed by atoms with Gasteiger partial charge in [0.15, 0.2) is 0 Å². The van der Waals surface area contributed by atoms with Gasteiger partial charge < -0.3 is 10.6 Å². The second-order valence-electron chi connectivity index (χ2n) is 2.66. The Morgan fingerprint density at radius 2 is 2.22 bits per heavy atom. The second kappa shape index (κ2) is 4.09. The third-order valence-electron chi connectivity index (χ3n) is 1.66. The lowest BCUT2D eigenvalue weighted by Gasteiger charge is -2.26. The zero-order chi connectivity index (χ0) is 5.98. The smallest absolute Gasteiger partial charge is 0.0168 e. The molecular formula is C6H15ClN2. The Morgan fingerprint density at radius 1 is 1.56 bits per heavy atom. The lowest BCUT2D eigenvalue weighted by Crippen LogP contribution is -2.40. The summed E-state index contributed by atoms with van der Waals surface area (Å²) in [5.74, 6) is 0. The van der Waals surface area contributed by atoms with E-state index >= 15 is 0 Å². The first-order chi connectivity index (χ1) is 3.79. The second-order valence-corrected chi connectivity index (χ2v) is 2.66. The summed E-state index contributed by atoms with van der Waals surface area (Å²) in [4.78, 5) is 2.29. The number of hydrogen-bond donors (Lipinski definition) is 1. The number of hydrogen-bond acceptors (Lipinski definition) is 2. The maximum atomic E-state index is 5.68. The molecule has 0 aromatic rings. The maximum absolute atomic E-state index is 5.68.